The normalized spacial score (nSPS) is 18.5. The van der Waals surface area contributed by atoms with Crippen LogP contribution in [0.25, 0.3) is 11.0 Å². The molecule has 0 bridgehead atoms. The van der Waals surface area contributed by atoms with Crippen molar-refractivity contribution in [3.63, 3.8) is 0 Å². The molecule has 2 fully saturated rings. The SMILES string of the molecule is CN(Cc1cccc(C#N)c1)S(=O)(=O)N1CCN(c2ncnc3[nH]ccc23)CC12CC2. The van der Waals surface area contributed by atoms with Crippen LogP contribution in [0.5, 0.6) is 0 Å². The van der Waals surface area contributed by atoms with Crippen LogP contribution in [-0.4, -0.2) is 64.2 Å². The summed E-state index contributed by atoms with van der Waals surface area (Å²) in [4.78, 5) is 14.0. The van der Waals surface area contributed by atoms with Gasteiger partial charge >= 0.3 is 0 Å². The number of hydrogen-bond acceptors (Lipinski definition) is 6. The van der Waals surface area contributed by atoms with E-state index >= 15 is 0 Å². The summed E-state index contributed by atoms with van der Waals surface area (Å²) in [5.41, 5.74) is 1.71. The molecule has 1 saturated carbocycles. The van der Waals surface area contributed by atoms with Crippen LogP contribution in [0.3, 0.4) is 0 Å². The average Bonchev–Trinajstić information content (AvgIpc) is 3.34. The van der Waals surface area contributed by atoms with Gasteiger partial charge in [0.2, 0.25) is 0 Å². The van der Waals surface area contributed by atoms with E-state index in [9.17, 15) is 8.42 Å². The molecule has 160 valence electrons. The molecule has 5 rings (SSSR count). The molecule has 9 nitrogen and oxygen atoms in total. The number of hydrogen-bond donors (Lipinski definition) is 1. The summed E-state index contributed by atoms with van der Waals surface area (Å²) >= 11 is 0. The summed E-state index contributed by atoms with van der Waals surface area (Å²) < 4.78 is 30.0. The van der Waals surface area contributed by atoms with Crippen LogP contribution in [0.1, 0.15) is 24.0 Å². The second kappa shape index (κ2) is 7.30. The molecule has 31 heavy (non-hydrogen) atoms. The maximum atomic E-state index is 13.5. The van der Waals surface area contributed by atoms with Gasteiger partial charge in [-0.3, -0.25) is 0 Å². The van der Waals surface area contributed by atoms with Crippen molar-refractivity contribution in [1.82, 2.24) is 23.6 Å². The van der Waals surface area contributed by atoms with E-state index in [2.05, 4.69) is 25.9 Å². The monoisotopic (exact) mass is 437 g/mol. The fourth-order valence-electron chi connectivity index (χ4n) is 4.41. The molecule has 2 aliphatic rings. The number of H-pyrrole nitrogens is 1. The van der Waals surface area contributed by atoms with Gasteiger partial charge in [0.1, 0.15) is 17.8 Å². The van der Waals surface area contributed by atoms with Gasteiger partial charge in [0.25, 0.3) is 10.2 Å². The fraction of sp³-hybridized carbons (Fsp3) is 0.381. The highest BCUT2D eigenvalue weighted by Crippen LogP contribution is 2.47. The molecule has 3 aromatic rings. The van der Waals surface area contributed by atoms with Crippen LogP contribution in [-0.2, 0) is 16.8 Å². The summed E-state index contributed by atoms with van der Waals surface area (Å²) in [5, 5.41) is 10.1. The molecule has 0 atom stereocenters. The van der Waals surface area contributed by atoms with Gasteiger partial charge in [-0.05, 0) is 36.6 Å². The van der Waals surface area contributed by atoms with Crippen molar-refractivity contribution in [3.05, 3.63) is 54.0 Å². The number of aromatic nitrogens is 3. The molecule has 1 saturated heterocycles. The van der Waals surface area contributed by atoms with E-state index in [0.29, 0.717) is 25.2 Å². The highest BCUT2D eigenvalue weighted by molar-refractivity contribution is 7.86. The first-order valence-electron chi connectivity index (χ1n) is 10.2. The lowest BCUT2D eigenvalue weighted by molar-refractivity contribution is 0.250. The predicted octanol–water partition coefficient (Wildman–Crippen LogP) is 1.86. The Morgan fingerprint density at radius 3 is 2.87 bits per heavy atom. The Morgan fingerprint density at radius 2 is 2.10 bits per heavy atom. The Kier molecular flexibility index (Phi) is 4.69. The molecule has 0 radical (unpaired) electrons. The lowest BCUT2D eigenvalue weighted by atomic mass is 10.1. The number of rotatable bonds is 5. The summed E-state index contributed by atoms with van der Waals surface area (Å²) in [6.45, 7) is 1.81. The minimum Gasteiger partial charge on any atom is -0.353 e. The van der Waals surface area contributed by atoms with Crippen LogP contribution in [0, 0.1) is 11.3 Å². The van der Waals surface area contributed by atoms with Gasteiger partial charge in [0.05, 0.1) is 22.6 Å². The first-order chi connectivity index (χ1) is 14.9. The molecule has 0 amide bonds. The Balaban J connectivity index is 1.36. The zero-order chi connectivity index (χ0) is 21.6. The molecule has 1 aliphatic carbocycles. The topological polar surface area (TPSA) is 109 Å². The van der Waals surface area contributed by atoms with E-state index < -0.39 is 15.7 Å². The molecule has 1 aliphatic heterocycles. The molecule has 1 spiro atoms. The molecule has 1 N–H and O–H groups in total. The molecule has 0 unspecified atom stereocenters. The van der Waals surface area contributed by atoms with E-state index in [1.54, 1.807) is 35.9 Å². The van der Waals surface area contributed by atoms with E-state index in [1.807, 2.05) is 18.3 Å². The fourth-order valence-corrected chi connectivity index (χ4v) is 6.10. The van der Waals surface area contributed by atoms with Crippen LogP contribution in [0.15, 0.2) is 42.9 Å². The Labute approximate surface area is 181 Å². The van der Waals surface area contributed by atoms with Crippen molar-refractivity contribution in [2.75, 3.05) is 31.6 Å². The second-order valence-corrected chi connectivity index (χ2v) is 10.2. The van der Waals surface area contributed by atoms with E-state index in [1.165, 1.54) is 4.31 Å². The largest absolute Gasteiger partial charge is 0.353 e. The highest BCUT2D eigenvalue weighted by atomic mass is 32.2. The lowest BCUT2D eigenvalue weighted by Crippen LogP contribution is -2.59. The van der Waals surface area contributed by atoms with Crippen molar-refractivity contribution in [2.24, 2.45) is 0 Å². The first-order valence-corrected chi connectivity index (χ1v) is 11.6. The number of nitrogens with zero attached hydrogens (tertiary/aromatic N) is 6. The third-order valence-electron chi connectivity index (χ3n) is 6.18. The predicted molar refractivity (Wildman–Crippen MR) is 116 cm³/mol. The zero-order valence-corrected chi connectivity index (χ0v) is 18.0. The standard InChI is InChI=1S/C21H23N7O2S/c1-26(13-17-4-2-3-16(11-17)12-22)31(29,30)28-10-9-27(14-21(28)6-7-21)20-18-5-8-23-19(18)24-15-25-20/h2-5,8,11,15H,6-7,9-10,13-14H2,1H3,(H,23,24,25). The van der Waals surface area contributed by atoms with Crippen molar-refractivity contribution in [1.29, 1.82) is 5.26 Å². The smallest absolute Gasteiger partial charge is 0.282 e. The van der Waals surface area contributed by atoms with Crippen LogP contribution >= 0.6 is 0 Å². The van der Waals surface area contributed by atoms with Crippen molar-refractivity contribution < 1.29 is 8.42 Å². The van der Waals surface area contributed by atoms with Crippen molar-refractivity contribution >= 4 is 27.1 Å². The van der Waals surface area contributed by atoms with Gasteiger partial charge < -0.3 is 9.88 Å². The minimum atomic E-state index is -3.64. The summed E-state index contributed by atoms with van der Waals surface area (Å²) in [6, 6.07) is 11.1. The van der Waals surface area contributed by atoms with Crippen LogP contribution in [0.2, 0.25) is 0 Å². The number of anilines is 1. The molecule has 2 aromatic heterocycles. The Hall–Kier alpha value is -3.00. The van der Waals surface area contributed by atoms with E-state index in [-0.39, 0.29) is 6.54 Å². The van der Waals surface area contributed by atoms with Gasteiger partial charge in [-0.15, -0.1) is 0 Å². The third kappa shape index (κ3) is 3.44. The first kappa shape index (κ1) is 19.9. The van der Waals surface area contributed by atoms with Gasteiger partial charge in [-0.1, -0.05) is 12.1 Å². The van der Waals surface area contributed by atoms with Crippen molar-refractivity contribution in [2.45, 2.75) is 24.9 Å². The lowest BCUT2D eigenvalue weighted by Gasteiger charge is -2.43. The number of aromatic amines is 1. The number of nitrogens with one attached hydrogen (secondary N) is 1. The maximum Gasteiger partial charge on any atom is 0.282 e. The Bertz CT molecular complexity index is 1280. The number of piperazine rings is 1. The highest BCUT2D eigenvalue weighted by Gasteiger charge is 2.56. The minimum absolute atomic E-state index is 0.226. The molecular formula is C21H23N7O2S. The molecular weight excluding hydrogens is 414 g/mol. The third-order valence-corrected chi connectivity index (χ3v) is 8.22. The number of fused-ring (bicyclic) bond motifs is 1. The van der Waals surface area contributed by atoms with Crippen LogP contribution in [0.4, 0.5) is 5.82 Å². The molecule has 1 aromatic carbocycles. The van der Waals surface area contributed by atoms with Gasteiger partial charge in [-0.25, -0.2) is 9.97 Å². The zero-order valence-electron chi connectivity index (χ0n) is 17.2. The average molecular weight is 438 g/mol. The summed E-state index contributed by atoms with van der Waals surface area (Å²) in [6.07, 6.45) is 5.05. The second-order valence-electron chi connectivity index (χ2n) is 8.23. The van der Waals surface area contributed by atoms with E-state index in [4.69, 9.17) is 5.26 Å². The summed E-state index contributed by atoms with van der Waals surface area (Å²) in [5.74, 6) is 0.844. The number of nitriles is 1. The number of benzene rings is 1. The van der Waals surface area contributed by atoms with Crippen molar-refractivity contribution in [3.8, 4) is 6.07 Å². The molecule has 3 heterocycles. The van der Waals surface area contributed by atoms with Gasteiger partial charge in [0.15, 0.2) is 0 Å². The van der Waals surface area contributed by atoms with Gasteiger partial charge in [-0.2, -0.15) is 22.3 Å². The maximum absolute atomic E-state index is 13.5. The molecule has 10 heteroatoms. The van der Waals surface area contributed by atoms with Gasteiger partial charge in [0, 0.05) is 39.4 Å². The summed E-state index contributed by atoms with van der Waals surface area (Å²) in [7, 11) is -2.04. The quantitative estimate of drug-likeness (QED) is 0.653. The Morgan fingerprint density at radius 1 is 1.26 bits per heavy atom. The van der Waals surface area contributed by atoms with E-state index in [0.717, 1.165) is 35.3 Å². The van der Waals surface area contributed by atoms with Crippen LogP contribution < -0.4 is 4.90 Å².